The van der Waals surface area contributed by atoms with Crippen molar-refractivity contribution in [1.29, 1.82) is 0 Å². The average molecular weight is 276 g/mol. The summed E-state index contributed by atoms with van der Waals surface area (Å²) in [6.07, 6.45) is 1.06. The lowest BCUT2D eigenvalue weighted by Crippen LogP contribution is -2.32. The van der Waals surface area contributed by atoms with E-state index in [2.05, 4.69) is 39.2 Å². The van der Waals surface area contributed by atoms with Crippen molar-refractivity contribution in [3.05, 3.63) is 20.8 Å². The smallest absolute Gasteiger partial charge is 0.188 e. The van der Waals surface area contributed by atoms with Crippen molar-refractivity contribution in [2.75, 3.05) is 6.54 Å². The normalized spacial score (nSPS) is 11.7. The number of guanidine groups is 1. The summed E-state index contributed by atoms with van der Waals surface area (Å²) in [4.78, 5) is 5.42. The molecule has 14 heavy (non-hydrogen) atoms. The number of hydrogen-bond donors (Lipinski definition) is 2. The predicted molar refractivity (Wildman–Crippen MR) is 65.6 cm³/mol. The third-order valence-electron chi connectivity index (χ3n) is 1.58. The number of halogens is 1. The van der Waals surface area contributed by atoms with Gasteiger partial charge in [-0.05, 0) is 28.4 Å². The van der Waals surface area contributed by atoms with Gasteiger partial charge >= 0.3 is 0 Å². The number of rotatable bonds is 4. The van der Waals surface area contributed by atoms with Crippen molar-refractivity contribution in [2.45, 2.75) is 19.9 Å². The second-order valence-electron chi connectivity index (χ2n) is 2.86. The Morgan fingerprint density at radius 1 is 1.71 bits per heavy atom. The fraction of sp³-hybridized carbons (Fsp3) is 0.444. The SMILES string of the molecule is CCCNC(N)=NCc1cc(Br)cs1. The van der Waals surface area contributed by atoms with Crippen LogP contribution in [0.3, 0.4) is 0 Å². The number of hydrogen-bond acceptors (Lipinski definition) is 2. The van der Waals surface area contributed by atoms with E-state index in [9.17, 15) is 0 Å². The van der Waals surface area contributed by atoms with Crippen LogP contribution in [0.4, 0.5) is 0 Å². The van der Waals surface area contributed by atoms with Gasteiger partial charge in [-0.2, -0.15) is 0 Å². The average Bonchev–Trinajstić information content (AvgIpc) is 2.58. The van der Waals surface area contributed by atoms with Crippen molar-refractivity contribution in [1.82, 2.24) is 5.32 Å². The predicted octanol–water partition coefficient (Wildman–Crippen LogP) is 2.32. The summed E-state index contributed by atoms with van der Waals surface area (Å²) in [6.45, 7) is 3.62. The lowest BCUT2D eigenvalue weighted by molar-refractivity contribution is 0.826. The van der Waals surface area contributed by atoms with Crippen molar-refractivity contribution >= 4 is 33.2 Å². The molecule has 0 atom stereocenters. The molecule has 1 aromatic heterocycles. The minimum absolute atomic E-state index is 0.524. The van der Waals surface area contributed by atoms with Crippen molar-refractivity contribution in [3.8, 4) is 0 Å². The lowest BCUT2D eigenvalue weighted by Gasteiger charge is -2.01. The Morgan fingerprint density at radius 3 is 3.07 bits per heavy atom. The van der Waals surface area contributed by atoms with Crippen molar-refractivity contribution in [3.63, 3.8) is 0 Å². The first-order valence-corrected chi connectivity index (χ1v) is 6.16. The topological polar surface area (TPSA) is 50.4 Å². The summed E-state index contributed by atoms with van der Waals surface area (Å²) in [5.74, 6) is 0.524. The van der Waals surface area contributed by atoms with E-state index in [1.54, 1.807) is 11.3 Å². The quantitative estimate of drug-likeness (QED) is 0.655. The Hall–Kier alpha value is -0.550. The van der Waals surface area contributed by atoms with E-state index >= 15 is 0 Å². The highest BCUT2D eigenvalue weighted by Gasteiger charge is 1.96. The van der Waals surface area contributed by atoms with Gasteiger partial charge in [0, 0.05) is 21.3 Å². The van der Waals surface area contributed by atoms with E-state index in [4.69, 9.17) is 5.73 Å². The molecule has 1 heterocycles. The Kier molecular flexibility index (Phi) is 4.97. The monoisotopic (exact) mass is 275 g/mol. The van der Waals surface area contributed by atoms with Gasteiger partial charge < -0.3 is 11.1 Å². The van der Waals surface area contributed by atoms with E-state index < -0.39 is 0 Å². The molecular weight excluding hydrogens is 262 g/mol. The fourth-order valence-corrected chi connectivity index (χ4v) is 2.28. The minimum Gasteiger partial charge on any atom is -0.370 e. The van der Waals surface area contributed by atoms with E-state index in [0.29, 0.717) is 12.5 Å². The van der Waals surface area contributed by atoms with Gasteiger partial charge in [0.1, 0.15) is 0 Å². The summed E-state index contributed by atoms with van der Waals surface area (Å²) in [5.41, 5.74) is 5.65. The molecule has 3 N–H and O–H groups in total. The molecule has 0 unspecified atom stereocenters. The zero-order valence-electron chi connectivity index (χ0n) is 8.09. The third-order valence-corrected chi connectivity index (χ3v) is 3.27. The van der Waals surface area contributed by atoms with Gasteiger partial charge in [0.2, 0.25) is 0 Å². The number of thiophene rings is 1. The molecule has 0 fully saturated rings. The Balaban J connectivity index is 2.38. The molecule has 0 saturated carbocycles. The molecule has 0 amide bonds. The maximum absolute atomic E-state index is 5.65. The molecule has 0 aromatic carbocycles. The first kappa shape index (κ1) is 11.5. The van der Waals surface area contributed by atoms with Crippen LogP contribution >= 0.6 is 27.3 Å². The largest absolute Gasteiger partial charge is 0.370 e. The van der Waals surface area contributed by atoms with Gasteiger partial charge in [0.05, 0.1) is 6.54 Å². The standard InChI is InChI=1S/C9H14BrN3S/c1-2-3-12-9(11)13-5-8-4-7(10)6-14-8/h4,6H,2-3,5H2,1H3,(H3,11,12,13). The Morgan fingerprint density at radius 2 is 2.50 bits per heavy atom. The van der Waals surface area contributed by atoms with Gasteiger partial charge in [-0.15, -0.1) is 11.3 Å². The second kappa shape index (κ2) is 6.03. The number of aliphatic imine (C=N–C) groups is 1. The fourth-order valence-electron chi connectivity index (χ4n) is 0.909. The number of nitrogens with one attached hydrogen (secondary N) is 1. The van der Waals surface area contributed by atoms with E-state index in [1.807, 2.05) is 5.38 Å². The molecule has 5 heteroatoms. The number of nitrogens with zero attached hydrogens (tertiary/aromatic N) is 1. The molecular formula is C9H14BrN3S. The van der Waals surface area contributed by atoms with Gasteiger partial charge in [-0.3, -0.25) is 0 Å². The highest BCUT2D eigenvalue weighted by Crippen LogP contribution is 2.20. The summed E-state index contributed by atoms with van der Waals surface area (Å²) >= 11 is 5.07. The maximum Gasteiger partial charge on any atom is 0.188 e. The van der Waals surface area contributed by atoms with Gasteiger partial charge in [0.25, 0.3) is 0 Å². The van der Waals surface area contributed by atoms with Crippen LogP contribution in [0.15, 0.2) is 20.9 Å². The summed E-state index contributed by atoms with van der Waals surface area (Å²) in [5, 5.41) is 5.07. The molecule has 0 bridgehead atoms. The zero-order valence-corrected chi connectivity index (χ0v) is 10.5. The summed E-state index contributed by atoms with van der Waals surface area (Å²) in [6, 6.07) is 2.06. The Bertz CT molecular complexity index is 309. The van der Waals surface area contributed by atoms with Gasteiger partial charge in [-0.25, -0.2) is 4.99 Å². The van der Waals surface area contributed by atoms with Crippen LogP contribution in [0.1, 0.15) is 18.2 Å². The van der Waals surface area contributed by atoms with Crippen LogP contribution in [0.2, 0.25) is 0 Å². The van der Waals surface area contributed by atoms with E-state index in [0.717, 1.165) is 17.4 Å². The van der Waals surface area contributed by atoms with Crippen LogP contribution in [-0.2, 0) is 6.54 Å². The van der Waals surface area contributed by atoms with E-state index in [-0.39, 0.29) is 0 Å². The molecule has 78 valence electrons. The molecule has 0 aliphatic carbocycles. The maximum atomic E-state index is 5.65. The van der Waals surface area contributed by atoms with Gasteiger partial charge in [0.15, 0.2) is 5.96 Å². The molecule has 3 nitrogen and oxygen atoms in total. The van der Waals surface area contributed by atoms with Crippen LogP contribution in [-0.4, -0.2) is 12.5 Å². The molecule has 1 aromatic rings. The van der Waals surface area contributed by atoms with Crippen molar-refractivity contribution in [2.24, 2.45) is 10.7 Å². The van der Waals surface area contributed by atoms with Crippen LogP contribution in [0.25, 0.3) is 0 Å². The Labute approximate surface area is 96.5 Å². The minimum atomic E-state index is 0.524. The summed E-state index contributed by atoms with van der Waals surface area (Å²) < 4.78 is 1.10. The first-order chi connectivity index (χ1) is 6.72. The highest BCUT2D eigenvalue weighted by molar-refractivity contribution is 9.10. The van der Waals surface area contributed by atoms with Crippen LogP contribution in [0, 0.1) is 0 Å². The molecule has 0 aliphatic rings. The highest BCUT2D eigenvalue weighted by atomic mass is 79.9. The van der Waals surface area contributed by atoms with Crippen molar-refractivity contribution < 1.29 is 0 Å². The lowest BCUT2D eigenvalue weighted by atomic mass is 10.5. The van der Waals surface area contributed by atoms with Crippen LogP contribution < -0.4 is 11.1 Å². The first-order valence-electron chi connectivity index (χ1n) is 4.49. The summed E-state index contributed by atoms with van der Waals surface area (Å²) in [7, 11) is 0. The molecule has 0 aliphatic heterocycles. The van der Waals surface area contributed by atoms with E-state index in [1.165, 1.54) is 4.88 Å². The second-order valence-corrected chi connectivity index (χ2v) is 4.77. The molecule has 1 rings (SSSR count). The third kappa shape index (κ3) is 4.11. The van der Waals surface area contributed by atoms with Gasteiger partial charge in [-0.1, -0.05) is 6.92 Å². The number of nitrogens with two attached hydrogens (primary N) is 1. The van der Waals surface area contributed by atoms with Crippen LogP contribution in [0.5, 0.6) is 0 Å². The molecule has 0 spiro atoms. The molecule has 0 saturated heterocycles. The zero-order chi connectivity index (χ0) is 10.4. The molecule has 0 radical (unpaired) electrons.